The molecule has 0 aliphatic carbocycles. The molecule has 8 nitrogen and oxygen atoms in total. The zero-order chi connectivity index (χ0) is 26.3. The number of sulfonamides is 1. The molecule has 0 spiro atoms. The molecule has 0 radical (unpaired) electrons. The Balaban J connectivity index is 2.49. The summed E-state index contributed by atoms with van der Waals surface area (Å²) in [5.41, 5.74) is 2.96. The lowest BCUT2D eigenvalue weighted by molar-refractivity contribution is -0.140. The minimum Gasteiger partial charge on any atom is -0.497 e. The average molecular weight is 504 g/mol. The van der Waals surface area contributed by atoms with Gasteiger partial charge in [0, 0.05) is 12.6 Å². The number of amides is 2. The number of carbonyl (C=O) groups is 2. The van der Waals surface area contributed by atoms with Crippen molar-refractivity contribution in [3.05, 3.63) is 59.2 Å². The second-order valence-electron chi connectivity index (χ2n) is 9.08. The highest BCUT2D eigenvalue weighted by molar-refractivity contribution is 7.92. The van der Waals surface area contributed by atoms with E-state index in [1.165, 1.54) is 4.90 Å². The number of hydrogen-bond donors (Lipinski definition) is 1. The molecule has 9 heteroatoms. The fraction of sp³-hybridized carbons (Fsp3) is 0.462. The molecule has 2 rings (SSSR count). The third-order valence-electron chi connectivity index (χ3n) is 5.48. The molecule has 0 aromatic heterocycles. The van der Waals surface area contributed by atoms with Crippen LogP contribution < -0.4 is 14.4 Å². The minimum atomic E-state index is -3.77. The first-order chi connectivity index (χ1) is 16.3. The van der Waals surface area contributed by atoms with Gasteiger partial charge in [0.05, 0.1) is 19.1 Å². The van der Waals surface area contributed by atoms with Crippen molar-refractivity contribution in [1.82, 2.24) is 10.2 Å². The number of aryl methyl sites for hydroxylation is 2. The largest absolute Gasteiger partial charge is 0.497 e. The van der Waals surface area contributed by atoms with E-state index in [1.807, 2.05) is 52.8 Å². The number of nitrogens with zero attached hydrogens (tertiary/aromatic N) is 2. The molecule has 0 bridgehead atoms. The van der Waals surface area contributed by atoms with E-state index in [1.54, 1.807) is 31.4 Å². The molecule has 192 valence electrons. The van der Waals surface area contributed by atoms with Gasteiger partial charge in [-0.3, -0.25) is 13.9 Å². The van der Waals surface area contributed by atoms with Gasteiger partial charge in [-0.05, 0) is 75.1 Å². The monoisotopic (exact) mass is 503 g/mol. The summed E-state index contributed by atoms with van der Waals surface area (Å²) < 4.78 is 31.9. The molecule has 2 aromatic rings. The van der Waals surface area contributed by atoms with Gasteiger partial charge in [0.15, 0.2) is 0 Å². The highest BCUT2D eigenvalue weighted by Crippen LogP contribution is 2.23. The van der Waals surface area contributed by atoms with E-state index in [9.17, 15) is 18.0 Å². The van der Waals surface area contributed by atoms with E-state index >= 15 is 0 Å². The number of nitrogens with one attached hydrogen (secondary N) is 1. The van der Waals surface area contributed by atoms with Crippen molar-refractivity contribution < 1.29 is 22.7 Å². The predicted octanol–water partition coefficient (Wildman–Crippen LogP) is 3.41. The molecule has 0 unspecified atom stereocenters. The molecule has 35 heavy (non-hydrogen) atoms. The third kappa shape index (κ3) is 7.99. The lowest BCUT2D eigenvalue weighted by atomic mass is 10.1. The van der Waals surface area contributed by atoms with Gasteiger partial charge >= 0.3 is 0 Å². The lowest BCUT2D eigenvalue weighted by Gasteiger charge is -2.33. The molecule has 0 saturated carbocycles. The summed E-state index contributed by atoms with van der Waals surface area (Å²) >= 11 is 0. The summed E-state index contributed by atoms with van der Waals surface area (Å²) in [6, 6.07) is 11.8. The maximum Gasteiger partial charge on any atom is 0.244 e. The first-order valence-corrected chi connectivity index (χ1v) is 13.5. The molecule has 0 aliphatic heterocycles. The highest BCUT2D eigenvalue weighted by Gasteiger charge is 2.32. The topological polar surface area (TPSA) is 96.0 Å². The van der Waals surface area contributed by atoms with Gasteiger partial charge in [0.1, 0.15) is 18.3 Å². The summed E-state index contributed by atoms with van der Waals surface area (Å²) in [5.74, 6) is -0.123. The fourth-order valence-corrected chi connectivity index (χ4v) is 4.81. The second kappa shape index (κ2) is 12.1. The van der Waals surface area contributed by atoms with Crippen molar-refractivity contribution in [1.29, 1.82) is 0 Å². The zero-order valence-corrected chi connectivity index (χ0v) is 22.5. The van der Waals surface area contributed by atoms with Gasteiger partial charge in [0.25, 0.3) is 0 Å². The number of benzene rings is 2. The number of anilines is 1. The predicted molar refractivity (Wildman–Crippen MR) is 139 cm³/mol. The summed E-state index contributed by atoms with van der Waals surface area (Å²) in [6.07, 6.45) is 1.45. The van der Waals surface area contributed by atoms with E-state index in [-0.39, 0.29) is 18.5 Å². The molecule has 0 heterocycles. The van der Waals surface area contributed by atoms with E-state index in [2.05, 4.69) is 5.32 Å². The van der Waals surface area contributed by atoms with Crippen LogP contribution in [0.5, 0.6) is 5.75 Å². The lowest BCUT2D eigenvalue weighted by Crippen LogP contribution is -2.53. The Morgan fingerprint density at radius 2 is 1.69 bits per heavy atom. The van der Waals surface area contributed by atoms with E-state index in [0.29, 0.717) is 17.9 Å². The standard InChI is InChI=1S/C26H37N3O5S/c1-8-24(26(31)27-18(2)3)28(16-21-10-9-11-23(15-21)34-6)25(30)17-29(35(7,32)33)22-13-19(4)12-20(5)14-22/h9-15,18,24H,8,16-17H2,1-7H3,(H,27,31)/t24-/m1/s1. The number of carbonyl (C=O) groups excluding carboxylic acids is 2. The van der Waals surface area contributed by atoms with Crippen LogP contribution in [-0.4, -0.2) is 57.1 Å². The maximum absolute atomic E-state index is 13.7. The minimum absolute atomic E-state index is 0.104. The van der Waals surface area contributed by atoms with Crippen LogP contribution in [0.25, 0.3) is 0 Å². The van der Waals surface area contributed by atoms with E-state index < -0.39 is 28.5 Å². The van der Waals surface area contributed by atoms with Crippen LogP contribution in [0.15, 0.2) is 42.5 Å². The van der Waals surface area contributed by atoms with Gasteiger partial charge in [-0.15, -0.1) is 0 Å². The van der Waals surface area contributed by atoms with Crippen molar-refractivity contribution in [2.75, 3.05) is 24.2 Å². The Morgan fingerprint density at radius 3 is 2.20 bits per heavy atom. The SMILES string of the molecule is CC[C@H](C(=O)NC(C)C)N(Cc1cccc(OC)c1)C(=O)CN(c1cc(C)cc(C)c1)S(C)(=O)=O. The van der Waals surface area contributed by atoms with Crippen LogP contribution in [-0.2, 0) is 26.2 Å². The number of methoxy groups -OCH3 is 1. The molecule has 0 aliphatic rings. The van der Waals surface area contributed by atoms with Crippen molar-refractivity contribution >= 4 is 27.5 Å². The molecule has 0 fully saturated rings. The summed E-state index contributed by atoms with van der Waals surface area (Å²) in [4.78, 5) is 28.2. The summed E-state index contributed by atoms with van der Waals surface area (Å²) in [6.45, 7) is 8.99. The highest BCUT2D eigenvalue weighted by atomic mass is 32.2. The van der Waals surface area contributed by atoms with Crippen molar-refractivity contribution in [3.63, 3.8) is 0 Å². The van der Waals surface area contributed by atoms with Gasteiger partial charge in [-0.1, -0.05) is 25.1 Å². The molecule has 2 amide bonds. The smallest absolute Gasteiger partial charge is 0.244 e. The molecular weight excluding hydrogens is 466 g/mol. The molecule has 0 saturated heterocycles. The second-order valence-corrected chi connectivity index (χ2v) is 11.0. The van der Waals surface area contributed by atoms with Crippen molar-refractivity contribution in [2.45, 2.75) is 59.7 Å². The third-order valence-corrected chi connectivity index (χ3v) is 6.62. The number of ether oxygens (including phenoxy) is 1. The fourth-order valence-electron chi connectivity index (χ4n) is 3.98. The van der Waals surface area contributed by atoms with Crippen molar-refractivity contribution in [3.8, 4) is 5.75 Å². The Hall–Kier alpha value is -3.07. The van der Waals surface area contributed by atoms with Crippen LogP contribution in [0.1, 0.15) is 43.9 Å². The number of hydrogen-bond acceptors (Lipinski definition) is 5. The number of rotatable bonds is 11. The normalized spacial score (nSPS) is 12.2. The van der Waals surface area contributed by atoms with Gasteiger partial charge in [-0.2, -0.15) is 0 Å². The summed E-state index contributed by atoms with van der Waals surface area (Å²) in [7, 11) is -2.21. The Morgan fingerprint density at radius 1 is 1.06 bits per heavy atom. The molecule has 2 aromatic carbocycles. The molecule has 1 atom stereocenters. The van der Waals surface area contributed by atoms with Crippen LogP contribution in [0.4, 0.5) is 5.69 Å². The molecular formula is C26H37N3O5S. The Bertz CT molecular complexity index is 1130. The first kappa shape index (κ1) is 28.2. The van der Waals surface area contributed by atoms with Gasteiger partial charge in [-0.25, -0.2) is 8.42 Å². The maximum atomic E-state index is 13.7. The van der Waals surface area contributed by atoms with Crippen LogP contribution in [0, 0.1) is 13.8 Å². The van der Waals surface area contributed by atoms with Crippen molar-refractivity contribution in [2.24, 2.45) is 0 Å². The van der Waals surface area contributed by atoms with Crippen LogP contribution in [0.2, 0.25) is 0 Å². The summed E-state index contributed by atoms with van der Waals surface area (Å²) in [5, 5.41) is 2.88. The zero-order valence-electron chi connectivity index (χ0n) is 21.7. The van der Waals surface area contributed by atoms with E-state index in [4.69, 9.17) is 4.74 Å². The Labute approximate surface area is 209 Å². The first-order valence-electron chi connectivity index (χ1n) is 11.6. The van der Waals surface area contributed by atoms with Gasteiger partial charge < -0.3 is 15.0 Å². The Kier molecular flexibility index (Phi) is 9.71. The van der Waals surface area contributed by atoms with Crippen LogP contribution >= 0.6 is 0 Å². The van der Waals surface area contributed by atoms with Crippen LogP contribution in [0.3, 0.4) is 0 Å². The quantitative estimate of drug-likeness (QED) is 0.507. The molecule has 1 N–H and O–H groups in total. The van der Waals surface area contributed by atoms with Gasteiger partial charge in [0.2, 0.25) is 21.8 Å². The average Bonchev–Trinajstić information content (AvgIpc) is 2.75. The van der Waals surface area contributed by atoms with E-state index in [0.717, 1.165) is 27.3 Å².